The van der Waals surface area contributed by atoms with Gasteiger partial charge in [0, 0.05) is 0 Å². The first-order valence-corrected chi connectivity index (χ1v) is 7.46. The van der Waals surface area contributed by atoms with Crippen LogP contribution in [0.1, 0.15) is 40.5 Å². The molecule has 0 amide bonds. The molecule has 0 heterocycles. The van der Waals surface area contributed by atoms with Gasteiger partial charge >= 0.3 is 0 Å². The van der Waals surface area contributed by atoms with E-state index in [2.05, 4.69) is 32.6 Å². The second-order valence-electron chi connectivity index (χ2n) is 6.57. The van der Waals surface area contributed by atoms with E-state index in [9.17, 15) is 10.2 Å². The lowest BCUT2D eigenvalue weighted by Gasteiger charge is -2.36. The molecule has 0 bridgehead atoms. The van der Waals surface area contributed by atoms with Gasteiger partial charge in [-0.05, 0) is 43.3 Å². The molecule has 116 valence electrons. The van der Waals surface area contributed by atoms with Crippen LogP contribution in [0.3, 0.4) is 0 Å². The summed E-state index contributed by atoms with van der Waals surface area (Å²) in [5.74, 6) is 0. The Bertz CT molecular complexity index is 502. The second kappa shape index (κ2) is 7.58. The highest BCUT2D eigenvalue weighted by atomic mass is 16.3. The van der Waals surface area contributed by atoms with Gasteiger partial charge in [0.05, 0.1) is 12.7 Å². The van der Waals surface area contributed by atoms with Gasteiger partial charge < -0.3 is 10.2 Å². The summed E-state index contributed by atoms with van der Waals surface area (Å²) in [7, 11) is 0. The summed E-state index contributed by atoms with van der Waals surface area (Å²) >= 11 is 0. The monoisotopic (exact) mass is 288 g/mol. The van der Waals surface area contributed by atoms with Crippen LogP contribution in [0.2, 0.25) is 0 Å². The van der Waals surface area contributed by atoms with Crippen LogP contribution in [0.15, 0.2) is 59.3 Å². The summed E-state index contributed by atoms with van der Waals surface area (Å²) in [6, 6.07) is 0. The van der Waals surface area contributed by atoms with Gasteiger partial charge in [0.1, 0.15) is 0 Å². The summed E-state index contributed by atoms with van der Waals surface area (Å²) in [5, 5.41) is 19.5. The molecule has 1 unspecified atom stereocenters. The minimum atomic E-state index is -0.352. The van der Waals surface area contributed by atoms with E-state index in [1.54, 1.807) is 0 Å². The van der Waals surface area contributed by atoms with Crippen LogP contribution in [0.25, 0.3) is 0 Å². The lowest BCUT2D eigenvalue weighted by atomic mass is 9.71. The second-order valence-corrected chi connectivity index (χ2v) is 6.57. The van der Waals surface area contributed by atoms with E-state index in [0.29, 0.717) is 6.42 Å². The predicted octanol–water partition coefficient (Wildman–Crippen LogP) is 4.09. The number of aliphatic hydroxyl groups is 2. The third kappa shape index (κ3) is 5.49. The fourth-order valence-electron chi connectivity index (χ4n) is 2.77. The van der Waals surface area contributed by atoms with Crippen molar-refractivity contribution in [2.75, 3.05) is 6.61 Å². The van der Waals surface area contributed by atoms with Gasteiger partial charge in [0.15, 0.2) is 0 Å². The van der Waals surface area contributed by atoms with Crippen LogP contribution in [-0.2, 0) is 0 Å². The van der Waals surface area contributed by atoms with Crippen molar-refractivity contribution in [3.05, 3.63) is 59.3 Å². The first-order chi connectivity index (χ1) is 9.76. The first kappa shape index (κ1) is 17.7. The topological polar surface area (TPSA) is 40.5 Å². The normalized spacial score (nSPS) is 23.3. The average molecular weight is 288 g/mol. The van der Waals surface area contributed by atoms with E-state index in [1.165, 1.54) is 0 Å². The number of hydrogen-bond acceptors (Lipinski definition) is 2. The molecule has 0 aliphatic heterocycles. The minimum Gasteiger partial charge on any atom is -0.393 e. The average Bonchev–Trinajstić information content (AvgIpc) is 2.35. The van der Waals surface area contributed by atoms with Crippen molar-refractivity contribution in [3.63, 3.8) is 0 Å². The maximum atomic E-state index is 9.91. The van der Waals surface area contributed by atoms with Crippen molar-refractivity contribution in [2.45, 2.75) is 46.6 Å². The van der Waals surface area contributed by atoms with Crippen molar-refractivity contribution in [1.29, 1.82) is 0 Å². The number of allylic oxidation sites excluding steroid dienone is 8. The van der Waals surface area contributed by atoms with Gasteiger partial charge in [-0.3, -0.25) is 0 Å². The first-order valence-electron chi connectivity index (χ1n) is 7.46. The molecule has 2 nitrogen and oxygen atoms in total. The molecule has 0 aromatic rings. The summed E-state index contributed by atoms with van der Waals surface area (Å²) in [6.45, 7) is 12.1. The fraction of sp³-hybridized carbons (Fsp3) is 0.474. The van der Waals surface area contributed by atoms with Gasteiger partial charge in [-0.15, -0.1) is 0 Å². The van der Waals surface area contributed by atoms with Gasteiger partial charge in [-0.2, -0.15) is 0 Å². The van der Waals surface area contributed by atoms with Crippen molar-refractivity contribution in [1.82, 2.24) is 0 Å². The molecular formula is C19H28O2. The third-order valence-corrected chi connectivity index (χ3v) is 3.78. The Kier molecular flexibility index (Phi) is 6.38. The molecular weight excluding hydrogens is 260 g/mol. The molecule has 2 N–H and O–H groups in total. The Morgan fingerprint density at radius 1 is 1.33 bits per heavy atom. The summed E-state index contributed by atoms with van der Waals surface area (Å²) in [6.07, 6.45) is 11.1. The van der Waals surface area contributed by atoms with Crippen LogP contribution in [0.5, 0.6) is 0 Å². The van der Waals surface area contributed by atoms with Crippen molar-refractivity contribution in [3.8, 4) is 0 Å². The molecule has 0 spiro atoms. The van der Waals surface area contributed by atoms with Crippen LogP contribution in [0, 0.1) is 5.41 Å². The molecule has 0 saturated carbocycles. The van der Waals surface area contributed by atoms with Gasteiger partial charge in [0.25, 0.3) is 0 Å². The van der Waals surface area contributed by atoms with Crippen molar-refractivity contribution >= 4 is 0 Å². The van der Waals surface area contributed by atoms with E-state index >= 15 is 0 Å². The molecule has 0 saturated heterocycles. The third-order valence-electron chi connectivity index (χ3n) is 3.78. The van der Waals surface area contributed by atoms with E-state index in [-0.39, 0.29) is 18.1 Å². The van der Waals surface area contributed by atoms with Crippen molar-refractivity contribution < 1.29 is 10.2 Å². The van der Waals surface area contributed by atoms with E-state index in [4.69, 9.17) is 0 Å². The summed E-state index contributed by atoms with van der Waals surface area (Å²) < 4.78 is 0. The molecule has 21 heavy (non-hydrogen) atoms. The maximum absolute atomic E-state index is 9.91. The summed E-state index contributed by atoms with van der Waals surface area (Å²) in [5.41, 5.74) is 4.14. The Labute approximate surface area is 128 Å². The van der Waals surface area contributed by atoms with Crippen LogP contribution in [-0.4, -0.2) is 22.9 Å². The summed E-state index contributed by atoms with van der Waals surface area (Å²) in [4.78, 5) is 0. The lowest BCUT2D eigenvalue weighted by molar-refractivity contribution is 0.111. The highest BCUT2D eigenvalue weighted by Crippen LogP contribution is 2.41. The van der Waals surface area contributed by atoms with Crippen LogP contribution >= 0.6 is 0 Å². The van der Waals surface area contributed by atoms with Crippen LogP contribution in [0.4, 0.5) is 0 Å². The SMILES string of the molecule is C=C(C)/C=C/C=C(C)/C=C/C1=C(CO)CC(O)CC1(C)C. The van der Waals surface area contributed by atoms with Crippen LogP contribution < -0.4 is 0 Å². The Morgan fingerprint density at radius 2 is 2.00 bits per heavy atom. The molecule has 0 fully saturated rings. The lowest BCUT2D eigenvalue weighted by Crippen LogP contribution is -2.29. The molecule has 2 heteroatoms. The minimum absolute atomic E-state index is 0.0124. The Morgan fingerprint density at radius 3 is 2.57 bits per heavy atom. The zero-order valence-electron chi connectivity index (χ0n) is 13.7. The molecule has 0 radical (unpaired) electrons. The quantitative estimate of drug-likeness (QED) is 0.748. The zero-order chi connectivity index (χ0) is 16.0. The Hall–Kier alpha value is -1.38. The zero-order valence-corrected chi connectivity index (χ0v) is 13.7. The van der Waals surface area contributed by atoms with Gasteiger partial charge in [-0.25, -0.2) is 0 Å². The largest absolute Gasteiger partial charge is 0.393 e. The molecule has 1 aliphatic carbocycles. The van der Waals surface area contributed by atoms with Gasteiger partial charge in [-0.1, -0.05) is 62.0 Å². The predicted molar refractivity (Wildman–Crippen MR) is 90.0 cm³/mol. The number of hydrogen-bond donors (Lipinski definition) is 2. The standard InChI is InChI=1S/C19H28O2/c1-14(2)7-6-8-15(3)9-10-18-16(13-20)11-17(21)12-19(18,4)5/h6-10,17,20-21H,1,11-13H2,2-5H3/b7-6+,10-9+,15-8+. The fourth-order valence-corrected chi connectivity index (χ4v) is 2.77. The molecule has 1 aliphatic rings. The Balaban J connectivity index is 2.97. The number of rotatable bonds is 5. The van der Waals surface area contributed by atoms with Gasteiger partial charge in [0.2, 0.25) is 0 Å². The molecule has 0 aromatic carbocycles. The number of aliphatic hydroxyl groups excluding tert-OH is 2. The molecule has 1 atom stereocenters. The van der Waals surface area contributed by atoms with Crippen molar-refractivity contribution in [2.24, 2.45) is 5.41 Å². The maximum Gasteiger partial charge on any atom is 0.0648 e. The molecule has 1 rings (SSSR count). The highest BCUT2D eigenvalue weighted by molar-refractivity contribution is 5.38. The van der Waals surface area contributed by atoms with E-state index in [0.717, 1.165) is 28.7 Å². The smallest absolute Gasteiger partial charge is 0.0648 e. The van der Waals surface area contributed by atoms with E-state index < -0.39 is 0 Å². The van der Waals surface area contributed by atoms with E-state index in [1.807, 2.05) is 32.1 Å². The highest BCUT2D eigenvalue weighted by Gasteiger charge is 2.32. The molecule has 0 aromatic heterocycles.